The fourth-order valence-electron chi connectivity index (χ4n) is 6.91. The Kier molecular flexibility index (Phi) is 7.61. The van der Waals surface area contributed by atoms with Crippen molar-refractivity contribution in [1.82, 2.24) is 0 Å². The van der Waals surface area contributed by atoms with Crippen LogP contribution in [-0.2, 0) is 0 Å². The Labute approximate surface area is 190 Å². The number of hydrogen-bond donors (Lipinski definition) is 3. The Hall–Kier alpha value is -0.900. The average molecular weight is 431 g/mol. The molecule has 3 aliphatic carbocycles. The molecule has 3 rings (SSSR count). The second-order valence-electron chi connectivity index (χ2n) is 11.8. The van der Waals surface area contributed by atoms with Crippen LogP contribution in [-0.4, -0.2) is 33.1 Å². The summed E-state index contributed by atoms with van der Waals surface area (Å²) in [6, 6.07) is 0. The van der Waals surface area contributed by atoms with Gasteiger partial charge < -0.3 is 15.3 Å². The third-order valence-corrected chi connectivity index (χ3v) is 8.97. The molecule has 0 aromatic heterocycles. The molecule has 31 heavy (non-hydrogen) atoms. The van der Waals surface area contributed by atoms with Crippen LogP contribution in [0.15, 0.2) is 35.5 Å². The Morgan fingerprint density at radius 3 is 2.61 bits per heavy atom. The number of rotatable bonds is 6. The fraction of sp³-hybridized carbons (Fsp3) is 0.786. The molecule has 3 fully saturated rings. The van der Waals surface area contributed by atoms with Gasteiger partial charge in [0.2, 0.25) is 0 Å². The summed E-state index contributed by atoms with van der Waals surface area (Å²) in [5.74, 6) is 1.94. The van der Waals surface area contributed by atoms with E-state index in [1.807, 2.05) is 20.8 Å². The first-order chi connectivity index (χ1) is 14.4. The van der Waals surface area contributed by atoms with Gasteiger partial charge in [0, 0.05) is 5.92 Å². The van der Waals surface area contributed by atoms with Gasteiger partial charge in [-0.25, -0.2) is 0 Å². The normalized spacial score (nSPS) is 40.4. The average Bonchev–Trinajstić information content (AvgIpc) is 3.04. The second kappa shape index (κ2) is 9.53. The van der Waals surface area contributed by atoms with Gasteiger partial charge in [-0.2, -0.15) is 0 Å². The van der Waals surface area contributed by atoms with E-state index in [-0.39, 0.29) is 5.92 Å². The van der Waals surface area contributed by atoms with Crippen LogP contribution in [0.2, 0.25) is 0 Å². The first-order valence-electron chi connectivity index (χ1n) is 12.6. The summed E-state index contributed by atoms with van der Waals surface area (Å²) >= 11 is 0. The van der Waals surface area contributed by atoms with E-state index >= 15 is 0 Å². The maximum atomic E-state index is 10.4. The van der Waals surface area contributed by atoms with Gasteiger partial charge >= 0.3 is 0 Å². The lowest BCUT2D eigenvalue weighted by atomic mass is 9.60. The predicted molar refractivity (Wildman–Crippen MR) is 129 cm³/mol. The Morgan fingerprint density at radius 1 is 1.23 bits per heavy atom. The monoisotopic (exact) mass is 430 g/mol. The van der Waals surface area contributed by atoms with E-state index < -0.39 is 17.8 Å². The highest BCUT2D eigenvalue weighted by Gasteiger charge is 2.50. The van der Waals surface area contributed by atoms with Crippen LogP contribution >= 0.6 is 0 Å². The van der Waals surface area contributed by atoms with Gasteiger partial charge in [0.05, 0.1) is 17.8 Å². The van der Waals surface area contributed by atoms with Crippen LogP contribution in [0.1, 0.15) is 92.4 Å². The number of fused-ring (bicyclic) bond motifs is 1. The highest BCUT2D eigenvalue weighted by Crippen LogP contribution is 2.60. The van der Waals surface area contributed by atoms with Gasteiger partial charge in [0.1, 0.15) is 0 Å². The first kappa shape index (κ1) is 24.7. The standard InChI is InChI=1S/C28H46O3/c1-18(9-7-15-27(4,5)31)23-13-14-24-21(10-8-16-28(23,24)6)11-12-22-17-25(29)20(3)26(30)19(22)2/h11-12,18,20,23-26,29-31H,2,7-10,13-17H2,1,3-6H3/b21-11+,22-12+/t18-,20+,23?,24?,25+,26+,28?/m1/s1. The lowest BCUT2D eigenvalue weighted by molar-refractivity contribution is 0.0283. The molecule has 0 heterocycles. The summed E-state index contributed by atoms with van der Waals surface area (Å²) in [5, 5.41) is 30.7. The highest BCUT2D eigenvalue weighted by atomic mass is 16.3. The van der Waals surface area contributed by atoms with Gasteiger partial charge in [0.25, 0.3) is 0 Å². The van der Waals surface area contributed by atoms with Gasteiger partial charge in [-0.15, -0.1) is 0 Å². The van der Waals surface area contributed by atoms with E-state index in [4.69, 9.17) is 0 Å². The number of aliphatic hydroxyl groups is 3. The largest absolute Gasteiger partial charge is 0.392 e. The van der Waals surface area contributed by atoms with Gasteiger partial charge in [-0.3, -0.25) is 0 Å². The fourth-order valence-corrected chi connectivity index (χ4v) is 6.91. The number of aliphatic hydroxyl groups excluding tert-OH is 2. The maximum absolute atomic E-state index is 10.4. The molecule has 3 heteroatoms. The maximum Gasteiger partial charge on any atom is 0.0837 e. The molecule has 0 aromatic carbocycles. The van der Waals surface area contributed by atoms with Gasteiger partial charge in [-0.05, 0) is 93.1 Å². The number of allylic oxidation sites excluding steroid dienone is 3. The lowest BCUT2D eigenvalue weighted by Gasteiger charge is -2.44. The van der Waals surface area contributed by atoms with Crippen molar-refractivity contribution in [2.75, 3.05) is 0 Å². The van der Waals surface area contributed by atoms with Crippen molar-refractivity contribution in [2.24, 2.45) is 29.1 Å². The SMILES string of the molecule is C=C1/C(=C/C=C2\CCCC3(C)C2CCC3[C@H](C)CCCC(C)(C)O)C[C@H](O)[C@H](C)[C@H]1O. The van der Waals surface area contributed by atoms with Gasteiger partial charge in [-0.1, -0.05) is 57.9 Å². The second-order valence-corrected chi connectivity index (χ2v) is 11.8. The van der Waals surface area contributed by atoms with E-state index in [1.165, 1.54) is 32.1 Å². The molecule has 0 aromatic rings. The predicted octanol–water partition coefficient (Wildman–Crippen LogP) is 5.95. The molecule has 0 saturated heterocycles. The Bertz CT molecular complexity index is 712. The highest BCUT2D eigenvalue weighted by molar-refractivity contribution is 5.39. The molecule has 0 aliphatic heterocycles. The summed E-state index contributed by atoms with van der Waals surface area (Å²) in [5.41, 5.74) is 3.15. The van der Waals surface area contributed by atoms with Crippen LogP contribution in [0.25, 0.3) is 0 Å². The van der Waals surface area contributed by atoms with Crippen LogP contribution in [0.4, 0.5) is 0 Å². The van der Waals surface area contributed by atoms with Crippen LogP contribution in [0, 0.1) is 29.1 Å². The smallest absolute Gasteiger partial charge is 0.0837 e. The van der Waals surface area contributed by atoms with Crippen molar-refractivity contribution in [3.63, 3.8) is 0 Å². The zero-order valence-electron chi connectivity index (χ0n) is 20.5. The molecular formula is C28H46O3. The minimum atomic E-state index is -0.648. The van der Waals surface area contributed by atoms with Crippen molar-refractivity contribution >= 4 is 0 Å². The van der Waals surface area contributed by atoms with Crippen molar-refractivity contribution in [1.29, 1.82) is 0 Å². The molecule has 3 nitrogen and oxygen atoms in total. The van der Waals surface area contributed by atoms with Gasteiger partial charge in [0.15, 0.2) is 0 Å². The third kappa shape index (κ3) is 5.37. The lowest BCUT2D eigenvalue weighted by Crippen LogP contribution is -2.36. The summed E-state index contributed by atoms with van der Waals surface area (Å²) < 4.78 is 0. The molecule has 3 N–H and O–H groups in total. The molecule has 7 atom stereocenters. The van der Waals surface area contributed by atoms with Crippen molar-refractivity contribution < 1.29 is 15.3 Å². The molecule has 3 unspecified atom stereocenters. The minimum Gasteiger partial charge on any atom is -0.392 e. The Balaban J connectivity index is 1.71. The van der Waals surface area contributed by atoms with E-state index in [0.29, 0.717) is 23.7 Å². The summed E-state index contributed by atoms with van der Waals surface area (Å²) in [4.78, 5) is 0. The van der Waals surface area contributed by atoms with Crippen LogP contribution < -0.4 is 0 Å². The molecule has 3 saturated carbocycles. The van der Waals surface area contributed by atoms with E-state index in [1.54, 1.807) is 5.57 Å². The third-order valence-electron chi connectivity index (χ3n) is 8.97. The topological polar surface area (TPSA) is 60.7 Å². The Morgan fingerprint density at radius 2 is 1.94 bits per heavy atom. The number of hydrogen-bond acceptors (Lipinski definition) is 3. The summed E-state index contributed by atoms with van der Waals surface area (Å²) in [7, 11) is 0. The molecule has 0 bridgehead atoms. The van der Waals surface area contributed by atoms with E-state index in [0.717, 1.165) is 36.3 Å². The zero-order valence-corrected chi connectivity index (χ0v) is 20.5. The summed E-state index contributed by atoms with van der Waals surface area (Å²) in [6.45, 7) is 14.8. The molecule has 0 amide bonds. The molecule has 3 aliphatic rings. The van der Waals surface area contributed by atoms with Crippen LogP contribution in [0.5, 0.6) is 0 Å². The molecule has 176 valence electrons. The van der Waals surface area contributed by atoms with Crippen molar-refractivity contribution in [3.8, 4) is 0 Å². The molecule has 0 spiro atoms. The van der Waals surface area contributed by atoms with Crippen molar-refractivity contribution in [3.05, 3.63) is 35.5 Å². The molecule has 0 radical (unpaired) electrons. The van der Waals surface area contributed by atoms with Crippen molar-refractivity contribution in [2.45, 2.75) is 110 Å². The quantitative estimate of drug-likeness (QED) is 0.488. The summed E-state index contributed by atoms with van der Waals surface area (Å²) in [6.07, 6.45) is 13.4. The zero-order chi connectivity index (χ0) is 23.0. The van der Waals surface area contributed by atoms with E-state index in [9.17, 15) is 15.3 Å². The minimum absolute atomic E-state index is 0.149. The van der Waals surface area contributed by atoms with E-state index in [2.05, 4.69) is 32.6 Å². The van der Waals surface area contributed by atoms with Crippen LogP contribution in [0.3, 0.4) is 0 Å². The first-order valence-corrected chi connectivity index (χ1v) is 12.6. The molecular weight excluding hydrogens is 384 g/mol.